The van der Waals surface area contributed by atoms with Gasteiger partial charge in [-0.15, -0.1) is 0 Å². The molecule has 2 aromatic rings. The first-order valence-electron chi connectivity index (χ1n) is 7.85. The molecule has 4 nitrogen and oxygen atoms in total. The highest BCUT2D eigenvalue weighted by Crippen LogP contribution is 2.21. The molecule has 126 valence electrons. The first kappa shape index (κ1) is 16.8. The second kappa shape index (κ2) is 7.21. The number of halogens is 2. The highest BCUT2D eigenvalue weighted by atomic mass is 79.9. The monoisotopic (exact) mass is 391 g/mol. The van der Waals surface area contributed by atoms with Gasteiger partial charge in [0, 0.05) is 42.0 Å². The molecule has 6 heteroatoms. The van der Waals surface area contributed by atoms with Gasteiger partial charge in [-0.1, -0.05) is 22.0 Å². The fourth-order valence-electron chi connectivity index (χ4n) is 2.69. The minimum atomic E-state index is -0.235. The van der Waals surface area contributed by atoms with Crippen LogP contribution in [0.1, 0.15) is 5.56 Å². The molecule has 0 saturated carbocycles. The van der Waals surface area contributed by atoms with Crippen LogP contribution in [-0.4, -0.2) is 37.1 Å². The molecule has 3 rings (SSSR count). The number of hydrogen-bond acceptors (Lipinski definition) is 2. The van der Waals surface area contributed by atoms with Crippen LogP contribution in [0.3, 0.4) is 0 Å². The lowest BCUT2D eigenvalue weighted by Crippen LogP contribution is -2.50. The maximum atomic E-state index is 13.0. The second-order valence-corrected chi connectivity index (χ2v) is 6.70. The van der Waals surface area contributed by atoms with Crippen molar-refractivity contribution >= 4 is 33.3 Å². The summed E-state index contributed by atoms with van der Waals surface area (Å²) in [5, 5.41) is 2.93. The summed E-state index contributed by atoms with van der Waals surface area (Å²) in [5.74, 6) is -0.235. The van der Waals surface area contributed by atoms with Crippen LogP contribution in [0.4, 0.5) is 20.6 Å². The number of amides is 2. The topological polar surface area (TPSA) is 35.6 Å². The van der Waals surface area contributed by atoms with Crippen LogP contribution < -0.4 is 10.2 Å². The molecule has 24 heavy (non-hydrogen) atoms. The summed E-state index contributed by atoms with van der Waals surface area (Å²) in [5.41, 5.74) is 2.89. The van der Waals surface area contributed by atoms with Gasteiger partial charge < -0.3 is 15.1 Å². The maximum absolute atomic E-state index is 13.0. The number of carbonyl (C=O) groups is 1. The molecule has 1 N–H and O–H groups in total. The van der Waals surface area contributed by atoms with Crippen molar-refractivity contribution in [2.24, 2.45) is 0 Å². The standard InChI is InChI=1S/C18H19BrFN3O/c1-13-2-5-15(12-17(13)19)21-18(24)23-10-8-22(9-11-23)16-6-3-14(20)4-7-16/h2-7,12H,8-11H2,1H3,(H,21,24). The summed E-state index contributed by atoms with van der Waals surface area (Å²) in [6.45, 7) is 4.74. The van der Waals surface area contributed by atoms with Gasteiger partial charge >= 0.3 is 6.03 Å². The Morgan fingerprint density at radius 2 is 1.75 bits per heavy atom. The van der Waals surface area contributed by atoms with E-state index in [0.29, 0.717) is 13.1 Å². The van der Waals surface area contributed by atoms with E-state index in [1.807, 2.05) is 25.1 Å². The van der Waals surface area contributed by atoms with Crippen molar-refractivity contribution in [3.63, 3.8) is 0 Å². The molecule has 1 saturated heterocycles. The molecule has 0 unspecified atom stereocenters. The van der Waals surface area contributed by atoms with Crippen LogP contribution >= 0.6 is 15.9 Å². The van der Waals surface area contributed by atoms with Gasteiger partial charge in [0.05, 0.1) is 0 Å². The Morgan fingerprint density at radius 1 is 1.08 bits per heavy atom. The Labute approximate surface area is 149 Å². The lowest BCUT2D eigenvalue weighted by atomic mass is 10.2. The summed E-state index contributed by atoms with van der Waals surface area (Å²) in [7, 11) is 0. The molecule has 1 heterocycles. The van der Waals surface area contributed by atoms with Gasteiger partial charge in [-0.05, 0) is 48.9 Å². The number of piperazine rings is 1. The number of nitrogens with one attached hydrogen (secondary N) is 1. The Bertz CT molecular complexity index is 728. The van der Waals surface area contributed by atoms with Crippen molar-refractivity contribution in [3.8, 4) is 0 Å². The number of rotatable bonds is 2. The SMILES string of the molecule is Cc1ccc(NC(=O)N2CCN(c3ccc(F)cc3)CC2)cc1Br. The van der Waals surface area contributed by atoms with Crippen molar-refractivity contribution in [2.75, 3.05) is 36.4 Å². The highest BCUT2D eigenvalue weighted by Gasteiger charge is 2.21. The highest BCUT2D eigenvalue weighted by molar-refractivity contribution is 9.10. The number of benzene rings is 2. The molecule has 0 aliphatic carbocycles. The number of carbonyl (C=O) groups excluding carboxylic acids is 1. The van der Waals surface area contributed by atoms with Crippen LogP contribution in [-0.2, 0) is 0 Å². The fourth-order valence-corrected chi connectivity index (χ4v) is 3.07. The van der Waals surface area contributed by atoms with Gasteiger partial charge in [0.2, 0.25) is 0 Å². The zero-order chi connectivity index (χ0) is 17.1. The smallest absolute Gasteiger partial charge is 0.321 e. The average molecular weight is 392 g/mol. The fraction of sp³-hybridized carbons (Fsp3) is 0.278. The molecule has 0 atom stereocenters. The third-order valence-electron chi connectivity index (χ3n) is 4.18. The molecule has 0 spiro atoms. The lowest BCUT2D eigenvalue weighted by molar-refractivity contribution is 0.208. The van der Waals surface area contributed by atoms with E-state index in [0.717, 1.165) is 34.5 Å². The summed E-state index contributed by atoms with van der Waals surface area (Å²) in [6.07, 6.45) is 0. The molecule has 1 aliphatic heterocycles. The van der Waals surface area contributed by atoms with Gasteiger partial charge in [-0.2, -0.15) is 0 Å². The third kappa shape index (κ3) is 3.87. The van der Waals surface area contributed by atoms with Crippen molar-refractivity contribution < 1.29 is 9.18 Å². The molecule has 1 fully saturated rings. The summed E-state index contributed by atoms with van der Waals surface area (Å²) in [6, 6.07) is 12.1. The van der Waals surface area contributed by atoms with E-state index in [1.54, 1.807) is 17.0 Å². The third-order valence-corrected chi connectivity index (χ3v) is 5.04. The predicted octanol–water partition coefficient (Wildman–Crippen LogP) is 4.25. The molecule has 2 amide bonds. The van der Waals surface area contributed by atoms with E-state index in [4.69, 9.17) is 0 Å². The van der Waals surface area contributed by atoms with E-state index in [1.165, 1.54) is 12.1 Å². The van der Waals surface area contributed by atoms with Crippen molar-refractivity contribution in [1.29, 1.82) is 0 Å². The normalized spacial score (nSPS) is 14.6. The Kier molecular flexibility index (Phi) is 5.04. The van der Waals surface area contributed by atoms with Gasteiger partial charge in [-0.3, -0.25) is 0 Å². The van der Waals surface area contributed by atoms with Gasteiger partial charge in [-0.25, -0.2) is 9.18 Å². The van der Waals surface area contributed by atoms with Crippen LogP contribution in [0.5, 0.6) is 0 Å². The van der Waals surface area contributed by atoms with Gasteiger partial charge in [0.15, 0.2) is 0 Å². The van der Waals surface area contributed by atoms with Crippen LogP contribution in [0.2, 0.25) is 0 Å². The lowest BCUT2D eigenvalue weighted by Gasteiger charge is -2.36. The minimum Gasteiger partial charge on any atom is -0.368 e. The molecule has 0 bridgehead atoms. The number of nitrogens with zero attached hydrogens (tertiary/aromatic N) is 2. The zero-order valence-corrected chi connectivity index (χ0v) is 15.0. The second-order valence-electron chi connectivity index (χ2n) is 5.84. The Hall–Kier alpha value is -2.08. The summed E-state index contributed by atoms with van der Waals surface area (Å²) >= 11 is 3.47. The molecule has 2 aromatic carbocycles. The molecule has 0 aromatic heterocycles. The van der Waals surface area contributed by atoms with Crippen LogP contribution in [0.15, 0.2) is 46.9 Å². The summed E-state index contributed by atoms with van der Waals surface area (Å²) < 4.78 is 14.0. The van der Waals surface area contributed by atoms with E-state index in [2.05, 4.69) is 26.1 Å². The van der Waals surface area contributed by atoms with Crippen molar-refractivity contribution in [1.82, 2.24) is 4.90 Å². The minimum absolute atomic E-state index is 0.0930. The van der Waals surface area contributed by atoms with Gasteiger partial charge in [0.25, 0.3) is 0 Å². The molecule has 1 aliphatic rings. The van der Waals surface area contributed by atoms with E-state index in [-0.39, 0.29) is 11.8 Å². The van der Waals surface area contributed by atoms with E-state index < -0.39 is 0 Å². The predicted molar refractivity (Wildman–Crippen MR) is 98.1 cm³/mol. The largest absolute Gasteiger partial charge is 0.368 e. The van der Waals surface area contributed by atoms with E-state index in [9.17, 15) is 9.18 Å². The quantitative estimate of drug-likeness (QED) is 0.830. The van der Waals surface area contributed by atoms with Gasteiger partial charge in [0.1, 0.15) is 5.82 Å². The molecular weight excluding hydrogens is 373 g/mol. The first-order chi connectivity index (χ1) is 11.5. The zero-order valence-electron chi connectivity index (χ0n) is 13.4. The van der Waals surface area contributed by atoms with Crippen LogP contribution in [0.25, 0.3) is 0 Å². The number of anilines is 2. The number of hydrogen-bond donors (Lipinski definition) is 1. The molecule has 0 radical (unpaired) electrons. The Balaban J connectivity index is 1.56. The number of aryl methyl sites for hydroxylation is 1. The maximum Gasteiger partial charge on any atom is 0.321 e. The van der Waals surface area contributed by atoms with Crippen LogP contribution in [0, 0.1) is 12.7 Å². The Morgan fingerprint density at radius 3 is 2.38 bits per heavy atom. The van der Waals surface area contributed by atoms with Crippen molar-refractivity contribution in [3.05, 3.63) is 58.3 Å². The number of urea groups is 1. The summed E-state index contributed by atoms with van der Waals surface area (Å²) in [4.78, 5) is 16.3. The van der Waals surface area contributed by atoms with E-state index >= 15 is 0 Å². The first-order valence-corrected chi connectivity index (χ1v) is 8.65. The average Bonchev–Trinajstić information content (AvgIpc) is 2.59. The van der Waals surface area contributed by atoms with Crippen molar-refractivity contribution in [2.45, 2.75) is 6.92 Å². The molecular formula is C18H19BrFN3O.